The van der Waals surface area contributed by atoms with Gasteiger partial charge in [-0.25, -0.2) is 0 Å². The van der Waals surface area contributed by atoms with Crippen LogP contribution in [0.5, 0.6) is 0 Å². The van der Waals surface area contributed by atoms with Gasteiger partial charge in [-0.15, -0.1) is 0 Å². The standard InChI is InChI=1S/C16H23OSi.Ti/c1-4-18(5-2,6-3)17-16-13-9-12-15(16)14-10-7-8-11-14;/h7,9-10,13H,4-6,8,12H2,1-3H3;. The number of allylic oxidation sites excluding steroid dienone is 7. The molecule has 0 saturated carbocycles. The number of rotatable bonds is 6. The Kier molecular flexibility index (Phi) is 5.10. The quantitative estimate of drug-likeness (QED) is 0.629. The van der Waals surface area contributed by atoms with Gasteiger partial charge in [0, 0.05) is 0 Å². The van der Waals surface area contributed by atoms with Gasteiger partial charge in [-0.2, -0.15) is 0 Å². The van der Waals surface area contributed by atoms with E-state index in [9.17, 15) is 0 Å². The van der Waals surface area contributed by atoms with Crippen molar-refractivity contribution in [2.45, 2.75) is 51.7 Å². The Morgan fingerprint density at radius 2 is 1.68 bits per heavy atom. The molecule has 0 amide bonds. The summed E-state index contributed by atoms with van der Waals surface area (Å²) in [5, 5.41) is 0. The summed E-state index contributed by atoms with van der Waals surface area (Å²) < 4.78 is 8.07. The van der Waals surface area contributed by atoms with Crippen LogP contribution in [0, 0.1) is 0 Å². The molecule has 2 aliphatic rings. The van der Waals surface area contributed by atoms with E-state index in [1.807, 2.05) is 0 Å². The predicted molar refractivity (Wildman–Crippen MR) is 79.8 cm³/mol. The van der Waals surface area contributed by atoms with E-state index >= 15 is 0 Å². The van der Waals surface area contributed by atoms with Crippen LogP contribution in [0.4, 0.5) is 0 Å². The first-order valence-corrected chi connectivity index (χ1v) is 10.7. The summed E-state index contributed by atoms with van der Waals surface area (Å²) in [5.74, 6) is 1.16. The van der Waals surface area contributed by atoms with E-state index in [0.717, 1.165) is 18.6 Å². The van der Waals surface area contributed by atoms with Crippen LogP contribution in [-0.2, 0) is 24.9 Å². The molecule has 0 heterocycles. The molecule has 0 aliphatic heterocycles. The third-order valence-electron chi connectivity index (χ3n) is 4.40. The molecule has 0 aromatic heterocycles. The van der Waals surface area contributed by atoms with Crippen LogP contribution in [0.25, 0.3) is 0 Å². The SMILES string of the molecule is CC[Si](CC)(CC)OC1=C(C2=[C]([Ti])CC=C2)CC=C1. The van der Waals surface area contributed by atoms with E-state index in [-0.39, 0.29) is 0 Å². The van der Waals surface area contributed by atoms with Crippen LogP contribution in [0.2, 0.25) is 18.1 Å². The second kappa shape index (κ2) is 6.43. The zero-order valence-electron chi connectivity index (χ0n) is 12.3. The molecule has 0 radical (unpaired) electrons. The number of hydrogen-bond acceptors (Lipinski definition) is 1. The van der Waals surface area contributed by atoms with Gasteiger partial charge in [0.1, 0.15) is 0 Å². The maximum absolute atomic E-state index is 6.58. The van der Waals surface area contributed by atoms with Crippen LogP contribution in [0.1, 0.15) is 33.6 Å². The van der Waals surface area contributed by atoms with Crippen molar-refractivity contribution < 1.29 is 24.9 Å². The second-order valence-electron chi connectivity index (χ2n) is 5.29. The van der Waals surface area contributed by atoms with E-state index in [2.05, 4.69) is 65.5 Å². The summed E-state index contributed by atoms with van der Waals surface area (Å²) in [4.78, 5) is 0. The van der Waals surface area contributed by atoms with Gasteiger partial charge in [0.05, 0.1) is 0 Å². The van der Waals surface area contributed by atoms with Gasteiger partial charge in [-0.05, 0) is 0 Å². The first kappa shape index (κ1) is 15.1. The monoisotopic (exact) mass is 307 g/mol. The molecule has 0 N–H and O–H groups in total. The van der Waals surface area contributed by atoms with Gasteiger partial charge in [0.15, 0.2) is 0 Å². The van der Waals surface area contributed by atoms with Crippen molar-refractivity contribution >= 4 is 8.32 Å². The average molecular weight is 307 g/mol. The maximum atomic E-state index is 6.58. The van der Waals surface area contributed by atoms with Gasteiger partial charge in [0.2, 0.25) is 0 Å². The van der Waals surface area contributed by atoms with Crippen LogP contribution < -0.4 is 0 Å². The van der Waals surface area contributed by atoms with E-state index in [0.29, 0.717) is 0 Å². The van der Waals surface area contributed by atoms with Gasteiger partial charge in [-0.1, -0.05) is 0 Å². The zero-order valence-corrected chi connectivity index (χ0v) is 14.8. The van der Waals surface area contributed by atoms with Crippen molar-refractivity contribution in [1.29, 1.82) is 0 Å². The van der Waals surface area contributed by atoms with E-state index in [1.54, 1.807) is 0 Å². The molecule has 101 valence electrons. The summed E-state index contributed by atoms with van der Waals surface area (Å²) in [6.45, 7) is 6.87. The fraction of sp³-hybridized carbons (Fsp3) is 0.500. The third-order valence-corrected chi connectivity index (χ3v) is 9.66. The van der Waals surface area contributed by atoms with Crippen molar-refractivity contribution in [3.8, 4) is 0 Å². The van der Waals surface area contributed by atoms with Gasteiger partial charge < -0.3 is 0 Å². The molecule has 3 heteroatoms. The van der Waals surface area contributed by atoms with Crippen LogP contribution >= 0.6 is 0 Å². The second-order valence-corrected chi connectivity index (χ2v) is 10.9. The van der Waals surface area contributed by atoms with Crippen LogP contribution in [0.15, 0.2) is 45.1 Å². The Hall–Kier alpha value is -0.309. The minimum atomic E-state index is -1.55. The van der Waals surface area contributed by atoms with Crippen molar-refractivity contribution in [1.82, 2.24) is 0 Å². The Balaban J connectivity index is 2.29. The van der Waals surface area contributed by atoms with Crippen LogP contribution in [-0.4, -0.2) is 8.32 Å². The predicted octanol–water partition coefficient (Wildman–Crippen LogP) is 4.98. The summed E-state index contributed by atoms with van der Waals surface area (Å²) in [5.41, 5.74) is 2.84. The molecule has 0 unspecified atom stereocenters. The van der Waals surface area contributed by atoms with Crippen molar-refractivity contribution in [2.75, 3.05) is 0 Å². The topological polar surface area (TPSA) is 9.23 Å². The molecule has 1 nitrogen and oxygen atoms in total. The van der Waals surface area contributed by atoms with Gasteiger partial charge in [0.25, 0.3) is 0 Å². The molecule has 0 atom stereocenters. The molecule has 0 fully saturated rings. The fourth-order valence-corrected chi connectivity index (χ4v) is 5.95. The summed E-state index contributed by atoms with van der Waals surface area (Å²) >= 11 is 2.24. The van der Waals surface area contributed by atoms with Gasteiger partial charge >= 0.3 is 130 Å². The van der Waals surface area contributed by atoms with E-state index < -0.39 is 8.32 Å². The normalized spacial score (nSPS) is 18.8. The third kappa shape index (κ3) is 3.07. The molecule has 0 bridgehead atoms. The molecule has 2 rings (SSSR count). The minimum absolute atomic E-state index is 1.04. The first-order chi connectivity index (χ1) is 9.15. The van der Waals surface area contributed by atoms with E-state index in [1.165, 1.54) is 33.2 Å². The first-order valence-electron chi connectivity index (χ1n) is 7.36. The molecular weight excluding hydrogens is 284 g/mol. The van der Waals surface area contributed by atoms with Crippen LogP contribution in [0.3, 0.4) is 0 Å². The van der Waals surface area contributed by atoms with Gasteiger partial charge in [-0.3, -0.25) is 0 Å². The molecule has 2 aliphatic carbocycles. The molecule has 0 saturated heterocycles. The Morgan fingerprint density at radius 1 is 1.05 bits per heavy atom. The fourth-order valence-electron chi connectivity index (χ4n) is 2.81. The Bertz CT molecular complexity index is 459. The van der Waals surface area contributed by atoms with Crippen molar-refractivity contribution in [3.05, 3.63) is 45.1 Å². The molecule has 19 heavy (non-hydrogen) atoms. The number of hydrogen-bond donors (Lipinski definition) is 0. The molecule has 0 aromatic carbocycles. The Labute approximate surface area is 130 Å². The molecule has 0 spiro atoms. The molecule has 0 aromatic rings. The van der Waals surface area contributed by atoms with Crippen molar-refractivity contribution in [3.63, 3.8) is 0 Å². The van der Waals surface area contributed by atoms with Crippen molar-refractivity contribution in [2.24, 2.45) is 0 Å². The van der Waals surface area contributed by atoms with E-state index in [4.69, 9.17) is 4.43 Å². The zero-order chi connectivity index (χ0) is 13.9. The molecular formula is C16H23OSiTi. The summed E-state index contributed by atoms with van der Waals surface area (Å²) in [6, 6.07) is 3.62. The summed E-state index contributed by atoms with van der Waals surface area (Å²) in [7, 11) is -1.55. The summed E-state index contributed by atoms with van der Waals surface area (Å²) in [6.07, 6.45) is 11.1. The average Bonchev–Trinajstić information content (AvgIpc) is 3.04. The Morgan fingerprint density at radius 3 is 2.21 bits per heavy atom.